The predicted molar refractivity (Wildman–Crippen MR) is 70.8 cm³/mol. The highest BCUT2D eigenvalue weighted by atomic mass is 16.4. The average molecular weight is 232 g/mol. The highest BCUT2D eigenvalue weighted by Crippen LogP contribution is 2.19. The molecule has 1 N–H and O–H groups in total. The summed E-state index contributed by atoms with van der Waals surface area (Å²) in [7, 11) is 0. The first kappa shape index (κ1) is 13.5. The normalized spacial score (nSPS) is 16.9. The monoisotopic (exact) mass is 232 g/mol. The topological polar surface area (TPSA) is 37.3 Å². The molecule has 0 fully saturated rings. The van der Waals surface area contributed by atoms with Gasteiger partial charge in [0, 0.05) is 6.42 Å². The van der Waals surface area contributed by atoms with E-state index in [2.05, 4.69) is 43.4 Å². The van der Waals surface area contributed by atoms with E-state index in [0.29, 0.717) is 5.92 Å². The van der Waals surface area contributed by atoms with E-state index in [9.17, 15) is 4.79 Å². The summed E-state index contributed by atoms with van der Waals surface area (Å²) >= 11 is 0. The molecule has 0 aromatic carbocycles. The fourth-order valence-electron chi connectivity index (χ4n) is 1.73. The highest BCUT2D eigenvalue weighted by Gasteiger charge is 2.03. The standard InChI is InChI=1S/C15H20O2/c1-13(9-5-4-8-12-15(16)17)14-10-6-2-3-7-11-14/h2-3,5-7,9-10,13H,4,8,11-12H2,1H3,(H,16,17). The summed E-state index contributed by atoms with van der Waals surface area (Å²) in [5.74, 6) is -0.291. The van der Waals surface area contributed by atoms with Crippen LogP contribution in [0.1, 0.15) is 32.6 Å². The average Bonchev–Trinajstić information content (AvgIpc) is 2.56. The summed E-state index contributed by atoms with van der Waals surface area (Å²) in [5.41, 5.74) is 1.39. The molecule has 1 aliphatic rings. The minimum Gasteiger partial charge on any atom is -0.481 e. The molecule has 92 valence electrons. The molecule has 2 heteroatoms. The fourth-order valence-corrected chi connectivity index (χ4v) is 1.73. The van der Waals surface area contributed by atoms with Crippen molar-refractivity contribution in [3.63, 3.8) is 0 Å². The van der Waals surface area contributed by atoms with Crippen molar-refractivity contribution in [2.24, 2.45) is 5.92 Å². The predicted octanol–water partition coefficient (Wildman–Crippen LogP) is 3.88. The summed E-state index contributed by atoms with van der Waals surface area (Å²) in [4.78, 5) is 10.3. The summed E-state index contributed by atoms with van der Waals surface area (Å²) < 4.78 is 0. The molecule has 0 aromatic heterocycles. The fraction of sp³-hybridized carbons (Fsp3) is 0.400. The molecular weight excluding hydrogens is 212 g/mol. The number of carboxylic acids is 1. The summed E-state index contributed by atoms with van der Waals surface area (Å²) in [6.07, 6.45) is 17.5. The van der Waals surface area contributed by atoms with Gasteiger partial charge in [0.25, 0.3) is 0 Å². The largest absolute Gasteiger partial charge is 0.481 e. The van der Waals surface area contributed by atoms with Crippen molar-refractivity contribution in [1.82, 2.24) is 0 Å². The maximum atomic E-state index is 10.3. The molecule has 1 atom stereocenters. The molecule has 17 heavy (non-hydrogen) atoms. The van der Waals surface area contributed by atoms with Gasteiger partial charge < -0.3 is 5.11 Å². The molecule has 1 rings (SSSR count). The van der Waals surface area contributed by atoms with E-state index < -0.39 is 5.97 Å². The third kappa shape index (κ3) is 5.91. The van der Waals surface area contributed by atoms with Crippen molar-refractivity contribution in [2.75, 3.05) is 0 Å². The smallest absolute Gasteiger partial charge is 0.303 e. The van der Waals surface area contributed by atoms with E-state index in [1.165, 1.54) is 5.57 Å². The van der Waals surface area contributed by atoms with E-state index >= 15 is 0 Å². The first-order valence-corrected chi connectivity index (χ1v) is 6.11. The molecule has 1 aliphatic carbocycles. The lowest BCUT2D eigenvalue weighted by atomic mass is 9.97. The number of carboxylic acid groups (broad SMARTS) is 1. The van der Waals surface area contributed by atoms with E-state index in [0.717, 1.165) is 19.3 Å². The van der Waals surface area contributed by atoms with Gasteiger partial charge in [-0.3, -0.25) is 4.79 Å². The molecular formula is C15H20O2. The second kappa shape index (κ2) is 7.66. The van der Waals surface area contributed by atoms with Gasteiger partial charge in [-0.1, -0.05) is 55.0 Å². The number of unbranched alkanes of at least 4 members (excludes halogenated alkanes) is 1. The number of allylic oxidation sites excluding steroid dienone is 8. The van der Waals surface area contributed by atoms with Crippen LogP contribution in [0.25, 0.3) is 0 Å². The molecule has 0 saturated carbocycles. The Morgan fingerprint density at radius 1 is 1.47 bits per heavy atom. The number of hydrogen-bond donors (Lipinski definition) is 1. The molecule has 0 aromatic rings. The van der Waals surface area contributed by atoms with Crippen LogP contribution in [0.3, 0.4) is 0 Å². The Kier molecular flexibility index (Phi) is 6.08. The summed E-state index contributed by atoms with van der Waals surface area (Å²) in [5, 5.41) is 8.51. The zero-order valence-corrected chi connectivity index (χ0v) is 10.3. The van der Waals surface area contributed by atoms with E-state index in [1.807, 2.05) is 6.08 Å². The van der Waals surface area contributed by atoms with Gasteiger partial charge in [-0.25, -0.2) is 0 Å². The highest BCUT2D eigenvalue weighted by molar-refractivity contribution is 5.66. The first-order valence-electron chi connectivity index (χ1n) is 6.11. The number of carbonyl (C=O) groups is 1. The van der Waals surface area contributed by atoms with Gasteiger partial charge >= 0.3 is 5.97 Å². The maximum Gasteiger partial charge on any atom is 0.303 e. The van der Waals surface area contributed by atoms with Gasteiger partial charge in [0.1, 0.15) is 0 Å². The lowest BCUT2D eigenvalue weighted by Crippen LogP contribution is -1.95. The quantitative estimate of drug-likeness (QED) is 0.557. The van der Waals surface area contributed by atoms with Crippen LogP contribution in [-0.2, 0) is 4.79 Å². The molecule has 0 aliphatic heterocycles. The van der Waals surface area contributed by atoms with Crippen LogP contribution in [0.5, 0.6) is 0 Å². The molecule has 0 amide bonds. The van der Waals surface area contributed by atoms with Crippen molar-refractivity contribution in [3.8, 4) is 0 Å². The van der Waals surface area contributed by atoms with Crippen molar-refractivity contribution < 1.29 is 9.90 Å². The minimum atomic E-state index is -0.715. The SMILES string of the molecule is CC(C=CCCCC(=O)O)C1=CC=CC=CC1. The molecule has 0 bridgehead atoms. The van der Waals surface area contributed by atoms with E-state index in [-0.39, 0.29) is 6.42 Å². The Morgan fingerprint density at radius 2 is 2.29 bits per heavy atom. The van der Waals surface area contributed by atoms with Crippen LogP contribution >= 0.6 is 0 Å². The van der Waals surface area contributed by atoms with Gasteiger partial charge in [-0.05, 0) is 25.2 Å². The lowest BCUT2D eigenvalue weighted by molar-refractivity contribution is -0.137. The van der Waals surface area contributed by atoms with Gasteiger partial charge in [0.15, 0.2) is 0 Å². The van der Waals surface area contributed by atoms with Crippen LogP contribution in [0.2, 0.25) is 0 Å². The zero-order chi connectivity index (χ0) is 12.5. The summed E-state index contributed by atoms with van der Waals surface area (Å²) in [6.45, 7) is 2.17. The van der Waals surface area contributed by atoms with Crippen molar-refractivity contribution in [3.05, 3.63) is 48.1 Å². The van der Waals surface area contributed by atoms with Crippen molar-refractivity contribution in [1.29, 1.82) is 0 Å². The van der Waals surface area contributed by atoms with Crippen LogP contribution in [0.15, 0.2) is 48.1 Å². The lowest BCUT2D eigenvalue weighted by Gasteiger charge is -2.09. The van der Waals surface area contributed by atoms with Gasteiger partial charge in [-0.15, -0.1) is 0 Å². The molecule has 0 saturated heterocycles. The molecule has 0 heterocycles. The Balaban J connectivity index is 2.33. The Labute approximate surface area is 103 Å². The van der Waals surface area contributed by atoms with Gasteiger partial charge in [-0.2, -0.15) is 0 Å². The number of hydrogen-bond acceptors (Lipinski definition) is 1. The first-order chi connectivity index (χ1) is 8.20. The minimum absolute atomic E-state index is 0.257. The second-order valence-electron chi connectivity index (χ2n) is 4.26. The second-order valence-corrected chi connectivity index (χ2v) is 4.26. The van der Waals surface area contributed by atoms with Crippen molar-refractivity contribution >= 4 is 5.97 Å². The van der Waals surface area contributed by atoms with Crippen LogP contribution in [0.4, 0.5) is 0 Å². The van der Waals surface area contributed by atoms with Gasteiger partial charge in [0.2, 0.25) is 0 Å². The van der Waals surface area contributed by atoms with Crippen LogP contribution in [-0.4, -0.2) is 11.1 Å². The van der Waals surface area contributed by atoms with Crippen LogP contribution < -0.4 is 0 Å². The molecule has 0 radical (unpaired) electrons. The number of rotatable bonds is 6. The van der Waals surface area contributed by atoms with Crippen LogP contribution in [0, 0.1) is 5.92 Å². The Morgan fingerprint density at radius 3 is 3.06 bits per heavy atom. The maximum absolute atomic E-state index is 10.3. The van der Waals surface area contributed by atoms with Crippen molar-refractivity contribution in [2.45, 2.75) is 32.6 Å². The van der Waals surface area contributed by atoms with E-state index in [4.69, 9.17) is 5.11 Å². The Bertz CT molecular complexity index is 359. The number of aliphatic carboxylic acids is 1. The zero-order valence-electron chi connectivity index (χ0n) is 10.3. The Hall–Kier alpha value is -1.57. The molecule has 2 nitrogen and oxygen atoms in total. The molecule has 1 unspecified atom stereocenters. The third-order valence-corrected chi connectivity index (χ3v) is 2.79. The third-order valence-electron chi connectivity index (χ3n) is 2.79. The van der Waals surface area contributed by atoms with E-state index in [1.54, 1.807) is 0 Å². The molecule has 0 spiro atoms. The summed E-state index contributed by atoms with van der Waals surface area (Å²) in [6, 6.07) is 0. The van der Waals surface area contributed by atoms with Gasteiger partial charge in [0.05, 0.1) is 0 Å².